The van der Waals surface area contributed by atoms with Gasteiger partial charge in [-0.05, 0) is 31.5 Å². The van der Waals surface area contributed by atoms with E-state index in [1.54, 1.807) is 35.8 Å². The van der Waals surface area contributed by atoms with E-state index in [1.807, 2.05) is 6.92 Å². The lowest BCUT2D eigenvalue weighted by molar-refractivity contribution is -0.255. The van der Waals surface area contributed by atoms with Gasteiger partial charge in [0.25, 0.3) is 0 Å². The Morgan fingerprint density at radius 2 is 1.90 bits per heavy atom. The maximum absolute atomic E-state index is 12.0. The van der Waals surface area contributed by atoms with E-state index in [1.165, 1.54) is 6.07 Å². The van der Waals surface area contributed by atoms with Crippen molar-refractivity contribution < 1.29 is 9.90 Å². The molecule has 0 radical (unpaired) electrons. The second kappa shape index (κ2) is 5.51. The molecular formula is C15H13ClNO3-. The Bertz CT molecular complexity index is 717. The average Bonchev–Trinajstić information content (AvgIpc) is 2.38. The van der Waals surface area contributed by atoms with Crippen LogP contribution in [0.4, 0.5) is 0 Å². The number of pyridine rings is 1. The maximum atomic E-state index is 12.0. The van der Waals surface area contributed by atoms with Gasteiger partial charge < -0.3 is 14.5 Å². The molecule has 0 spiro atoms. The highest BCUT2D eigenvalue weighted by Gasteiger charge is 2.15. The normalized spacial score (nSPS) is 10.6. The molecule has 0 aliphatic carbocycles. The van der Waals surface area contributed by atoms with Crippen LogP contribution in [0.1, 0.15) is 23.0 Å². The van der Waals surface area contributed by atoms with Crippen LogP contribution in [-0.4, -0.2) is 10.5 Å². The highest BCUT2D eigenvalue weighted by Crippen LogP contribution is 2.24. The third-order valence-corrected chi connectivity index (χ3v) is 3.41. The van der Waals surface area contributed by atoms with Crippen molar-refractivity contribution in [3.63, 3.8) is 0 Å². The number of aromatic nitrogens is 1. The summed E-state index contributed by atoms with van der Waals surface area (Å²) in [6, 6.07) is 8.00. The van der Waals surface area contributed by atoms with E-state index in [0.29, 0.717) is 28.5 Å². The molecule has 0 aliphatic rings. The van der Waals surface area contributed by atoms with E-state index in [-0.39, 0.29) is 5.56 Å². The molecule has 20 heavy (non-hydrogen) atoms. The summed E-state index contributed by atoms with van der Waals surface area (Å²) in [6.45, 7) is 4.20. The molecule has 5 heteroatoms. The van der Waals surface area contributed by atoms with Crippen molar-refractivity contribution in [2.45, 2.75) is 20.4 Å². The van der Waals surface area contributed by atoms with Gasteiger partial charge in [-0.15, -0.1) is 0 Å². The number of carboxylic acids is 1. The largest absolute Gasteiger partial charge is 0.545 e. The Morgan fingerprint density at radius 1 is 1.30 bits per heavy atom. The lowest BCUT2D eigenvalue weighted by atomic mass is 10.0. The van der Waals surface area contributed by atoms with E-state index < -0.39 is 11.4 Å². The third-order valence-electron chi connectivity index (χ3n) is 3.16. The van der Waals surface area contributed by atoms with Crippen LogP contribution in [0.3, 0.4) is 0 Å². The first-order valence-corrected chi connectivity index (χ1v) is 6.55. The van der Waals surface area contributed by atoms with E-state index in [9.17, 15) is 14.7 Å². The number of hydrogen-bond acceptors (Lipinski definition) is 3. The molecule has 1 aromatic carbocycles. The SMILES string of the molecule is CCn1c(C)cc(=O)c(C(=O)[O-])c1-c1ccc(Cl)cc1. The molecule has 1 heterocycles. The minimum atomic E-state index is -1.47. The second-order valence-corrected chi connectivity index (χ2v) is 4.85. The molecule has 104 valence electrons. The van der Waals surface area contributed by atoms with Crippen LogP contribution in [0, 0.1) is 6.92 Å². The molecule has 0 fully saturated rings. The summed E-state index contributed by atoms with van der Waals surface area (Å²) in [6.07, 6.45) is 0. The summed E-state index contributed by atoms with van der Waals surface area (Å²) in [5.74, 6) is -1.47. The molecular weight excluding hydrogens is 278 g/mol. The van der Waals surface area contributed by atoms with Crippen molar-refractivity contribution in [1.82, 2.24) is 4.57 Å². The van der Waals surface area contributed by atoms with Crippen molar-refractivity contribution in [2.75, 3.05) is 0 Å². The van der Waals surface area contributed by atoms with Gasteiger partial charge in [0.05, 0.1) is 17.2 Å². The number of hydrogen-bond donors (Lipinski definition) is 0. The van der Waals surface area contributed by atoms with Gasteiger partial charge in [0.1, 0.15) is 0 Å². The minimum absolute atomic E-state index is 0.320. The summed E-state index contributed by atoms with van der Waals surface area (Å²) >= 11 is 5.84. The van der Waals surface area contributed by atoms with Gasteiger partial charge in [0.15, 0.2) is 5.43 Å². The van der Waals surface area contributed by atoms with Crippen LogP contribution >= 0.6 is 11.6 Å². The van der Waals surface area contributed by atoms with Gasteiger partial charge in [0.2, 0.25) is 0 Å². The van der Waals surface area contributed by atoms with Crippen molar-refractivity contribution >= 4 is 17.6 Å². The molecule has 0 unspecified atom stereocenters. The highest BCUT2D eigenvalue weighted by molar-refractivity contribution is 6.30. The summed E-state index contributed by atoms with van der Waals surface area (Å²) < 4.78 is 1.77. The average molecular weight is 291 g/mol. The lowest BCUT2D eigenvalue weighted by Crippen LogP contribution is -2.32. The number of aryl methyl sites for hydroxylation is 1. The van der Waals surface area contributed by atoms with Crippen LogP contribution in [0.5, 0.6) is 0 Å². The Labute approximate surface area is 121 Å². The summed E-state index contributed by atoms with van der Waals surface area (Å²) in [4.78, 5) is 23.3. The smallest absolute Gasteiger partial charge is 0.191 e. The summed E-state index contributed by atoms with van der Waals surface area (Å²) in [5, 5.41) is 11.9. The fraction of sp³-hybridized carbons (Fsp3) is 0.200. The highest BCUT2D eigenvalue weighted by atomic mass is 35.5. The van der Waals surface area contributed by atoms with Crippen molar-refractivity contribution in [3.8, 4) is 11.3 Å². The number of rotatable bonds is 3. The zero-order valence-corrected chi connectivity index (χ0v) is 11.9. The molecule has 0 amide bonds. The Hall–Kier alpha value is -2.07. The monoisotopic (exact) mass is 290 g/mol. The van der Waals surface area contributed by atoms with Crippen molar-refractivity contribution in [3.05, 3.63) is 56.8 Å². The van der Waals surface area contributed by atoms with Crippen LogP contribution in [-0.2, 0) is 6.54 Å². The number of benzene rings is 1. The molecule has 0 aliphatic heterocycles. The second-order valence-electron chi connectivity index (χ2n) is 4.41. The third kappa shape index (κ3) is 2.47. The quantitative estimate of drug-likeness (QED) is 0.867. The number of carbonyl (C=O) groups excluding carboxylic acids is 1. The first-order valence-electron chi connectivity index (χ1n) is 6.17. The Morgan fingerprint density at radius 3 is 2.40 bits per heavy atom. The molecule has 2 rings (SSSR count). The van der Waals surface area contributed by atoms with Gasteiger partial charge in [-0.3, -0.25) is 4.79 Å². The van der Waals surface area contributed by atoms with Crippen molar-refractivity contribution in [2.24, 2.45) is 0 Å². The van der Waals surface area contributed by atoms with Crippen LogP contribution in [0.2, 0.25) is 5.02 Å². The fourth-order valence-electron chi connectivity index (χ4n) is 2.28. The van der Waals surface area contributed by atoms with Gasteiger partial charge >= 0.3 is 0 Å². The first kappa shape index (κ1) is 14.3. The number of carbonyl (C=O) groups is 1. The molecule has 0 N–H and O–H groups in total. The van der Waals surface area contributed by atoms with Crippen LogP contribution < -0.4 is 10.5 Å². The molecule has 0 bridgehead atoms. The number of aromatic carboxylic acids is 1. The number of halogens is 1. The van der Waals surface area contributed by atoms with Crippen LogP contribution in [0.25, 0.3) is 11.3 Å². The molecule has 2 aromatic rings. The van der Waals surface area contributed by atoms with Crippen LogP contribution in [0.15, 0.2) is 35.1 Å². The van der Waals surface area contributed by atoms with Gasteiger partial charge in [-0.1, -0.05) is 23.7 Å². The van der Waals surface area contributed by atoms with Crippen molar-refractivity contribution in [1.29, 1.82) is 0 Å². The molecule has 0 saturated heterocycles. The summed E-state index contributed by atoms with van der Waals surface area (Å²) in [7, 11) is 0. The first-order chi connectivity index (χ1) is 9.45. The van der Waals surface area contributed by atoms with E-state index >= 15 is 0 Å². The standard InChI is InChI=1S/C15H14ClNO3/c1-3-17-9(2)8-12(18)13(15(19)20)14(17)10-4-6-11(16)7-5-10/h4-8H,3H2,1-2H3,(H,19,20)/p-1. The Balaban J connectivity index is 2.87. The maximum Gasteiger partial charge on any atom is 0.191 e. The molecule has 1 aromatic heterocycles. The molecule has 4 nitrogen and oxygen atoms in total. The van der Waals surface area contributed by atoms with E-state index in [0.717, 1.165) is 0 Å². The van der Waals surface area contributed by atoms with E-state index in [4.69, 9.17) is 11.6 Å². The molecule has 0 atom stereocenters. The lowest BCUT2D eigenvalue weighted by Gasteiger charge is -2.19. The fourth-order valence-corrected chi connectivity index (χ4v) is 2.41. The number of nitrogens with zero attached hydrogens (tertiary/aromatic N) is 1. The summed E-state index contributed by atoms with van der Waals surface area (Å²) in [5.41, 5.74) is 0.815. The predicted octanol–water partition coefficient (Wildman–Crippen LogP) is 1.86. The van der Waals surface area contributed by atoms with Gasteiger partial charge in [-0.2, -0.15) is 0 Å². The minimum Gasteiger partial charge on any atom is -0.545 e. The predicted molar refractivity (Wildman–Crippen MR) is 75.9 cm³/mol. The zero-order chi connectivity index (χ0) is 14.9. The molecule has 0 saturated carbocycles. The number of carboxylic acid groups (broad SMARTS) is 1. The Kier molecular flexibility index (Phi) is 3.95. The van der Waals surface area contributed by atoms with E-state index in [2.05, 4.69) is 0 Å². The van der Waals surface area contributed by atoms with Gasteiger partial charge in [0, 0.05) is 23.3 Å². The van der Waals surface area contributed by atoms with Gasteiger partial charge in [-0.25, -0.2) is 0 Å². The zero-order valence-electron chi connectivity index (χ0n) is 11.1. The topological polar surface area (TPSA) is 62.1 Å².